The third-order valence-corrected chi connectivity index (χ3v) is 5.02. The Hall–Kier alpha value is -1.56. The molecule has 0 aromatic heterocycles. The molecule has 0 heterocycles. The highest BCUT2D eigenvalue weighted by Crippen LogP contribution is 2.24. The smallest absolute Gasteiger partial charge is 0.262 e. The number of hydrogen-bond donors (Lipinski definition) is 2. The number of halogens is 1. The Morgan fingerprint density at radius 3 is 2.52 bits per heavy atom. The highest BCUT2D eigenvalue weighted by Gasteiger charge is 2.19. The van der Waals surface area contributed by atoms with Crippen molar-refractivity contribution >= 4 is 27.3 Å². The summed E-state index contributed by atoms with van der Waals surface area (Å²) in [6.07, 6.45) is 0. The van der Waals surface area contributed by atoms with Gasteiger partial charge in [-0.15, -0.1) is 0 Å². The van der Waals surface area contributed by atoms with Crippen LogP contribution >= 0.6 is 11.6 Å². The Morgan fingerprint density at radius 2 is 1.90 bits per heavy atom. The van der Waals surface area contributed by atoms with Crippen molar-refractivity contribution in [1.29, 1.82) is 0 Å². The maximum Gasteiger partial charge on any atom is 0.262 e. The van der Waals surface area contributed by atoms with Crippen molar-refractivity contribution < 1.29 is 8.42 Å². The Morgan fingerprint density at radius 1 is 1.19 bits per heavy atom. The van der Waals surface area contributed by atoms with Crippen LogP contribution in [-0.2, 0) is 16.6 Å². The van der Waals surface area contributed by atoms with E-state index in [-0.39, 0.29) is 4.90 Å². The third-order valence-electron chi connectivity index (χ3n) is 3.28. The fraction of sp³-hybridized carbons (Fsp3) is 0.200. The van der Waals surface area contributed by atoms with E-state index in [1.165, 1.54) is 0 Å². The average Bonchev–Trinajstić information content (AvgIpc) is 2.41. The molecule has 0 atom stereocenters. The quantitative estimate of drug-likeness (QED) is 0.907. The molecule has 0 saturated heterocycles. The number of sulfonamides is 1. The summed E-state index contributed by atoms with van der Waals surface area (Å²) in [5.74, 6) is 0. The minimum Gasteiger partial charge on any atom is -0.326 e. The predicted octanol–water partition coefficient (Wildman–Crippen LogP) is 3.22. The molecular weight excluding hydrogens is 308 g/mol. The van der Waals surface area contributed by atoms with Gasteiger partial charge in [0, 0.05) is 11.6 Å². The summed E-state index contributed by atoms with van der Waals surface area (Å²) in [5, 5.41) is 0.471. The number of anilines is 1. The Bertz CT molecular complexity index is 773. The van der Waals surface area contributed by atoms with Crippen LogP contribution in [0.15, 0.2) is 41.3 Å². The lowest BCUT2D eigenvalue weighted by molar-refractivity contribution is 0.600. The van der Waals surface area contributed by atoms with Gasteiger partial charge in [-0.05, 0) is 54.8 Å². The summed E-state index contributed by atoms with van der Waals surface area (Å²) >= 11 is 5.87. The van der Waals surface area contributed by atoms with Crippen LogP contribution in [0.2, 0.25) is 5.02 Å². The van der Waals surface area contributed by atoms with Gasteiger partial charge >= 0.3 is 0 Å². The molecule has 0 bridgehead atoms. The number of benzene rings is 2. The Balaban J connectivity index is 2.47. The summed E-state index contributed by atoms with van der Waals surface area (Å²) in [6.45, 7) is 3.94. The van der Waals surface area contributed by atoms with Crippen molar-refractivity contribution in [2.24, 2.45) is 5.73 Å². The first kappa shape index (κ1) is 15.8. The molecule has 0 fully saturated rings. The number of nitrogens with two attached hydrogens (primary N) is 1. The highest BCUT2D eigenvalue weighted by atomic mass is 35.5. The van der Waals surface area contributed by atoms with E-state index >= 15 is 0 Å². The van der Waals surface area contributed by atoms with Crippen LogP contribution in [0.3, 0.4) is 0 Å². The molecule has 0 amide bonds. The minimum absolute atomic E-state index is 0.239. The number of nitrogens with one attached hydrogen (secondary N) is 1. The van der Waals surface area contributed by atoms with Gasteiger partial charge in [0.25, 0.3) is 10.0 Å². The van der Waals surface area contributed by atoms with Gasteiger partial charge in [-0.3, -0.25) is 4.72 Å². The van der Waals surface area contributed by atoms with E-state index in [9.17, 15) is 8.42 Å². The number of hydrogen-bond acceptors (Lipinski definition) is 3. The van der Waals surface area contributed by atoms with Gasteiger partial charge in [-0.2, -0.15) is 0 Å². The van der Waals surface area contributed by atoms with Crippen LogP contribution < -0.4 is 10.5 Å². The summed E-state index contributed by atoms with van der Waals surface area (Å²) in [6, 6.07) is 10.1. The lowest BCUT2D eigenvalue weighted by Crippen LogP contribution is -2.15. The average molecular weight is 325 g/mol. The molecule has 0 aliphatic rings. The van der Waals surface area contributed by atoms with Gasteiger partial charge in [-0.1, -0.05) is 23.7 Å². The molecule has 2 aromatic rings. The first-order valence-electron chi connectivity index (χ1n) is 6.42. The second-order valence-electron chi connectivity index (χ2n) is 4.86. The first-order chi connectivity index (χ1) is 9.83. The van der Waals surface area contributed by atoms with Crippen LogP contribution in [0.5, 0.6) is 0 Å². The van der Waals surface area contributed by atoms with E-state index in [4.69, 9.17) is 17.3 Å². The van der Waals surface area contributed by atoms with Gasteiger partial charge in [0.15, 0.2) is 0 Å². The lowest BCUT2D eigenvalue weighted by Gasteiger charge is -2.14. The van der Waals surface area contributed by atoms with E-state index in [1.54, 1.807) is 37.3 Å². The molecule has 112 valence electrons. The molecule has 21 heavy (non-hydrogen) atoms. The van der Waals surface area contributed by atoms with Crippen molar-refractivity contribution in [3.63, 3.8) is 0 Å². The zero-order chi connectivity index (χ0) is 15.6. The highest BCUT2D eigenvalue weighted by molar-refractivity contribution is 7.92. The van der Waals surface area contributed by atoms with Crippen LogP contribution in [0.4, 0.5) is 5.69 Å². The normalized spacial score (nSPS) is 11.4. The Kier molecular flexibility index (Phi) is 4.56. The molecular formula is C15H17ClN2O2S. The third kappa shape index (κ3) is 3.56. The first-order valence-corrected chi connectivity index (χ1v) is 8.28. The summed E-state index contributed by atoms with van der Waals surface area (Å²) < 4.78 is 27.7. The second kappa shape index (κ2) is 6.05. The van der Waals surface area contributed by atoms with Gasteiger partial charge in [0.1, 0.15) is 0 Å². The van der Waals surface area contributed by atoms with Crippen molar-refractivity contribution in [3.8, 4) is 0 Å². The molecule has 0 unspecified atom stereocenters. The van der Waals surface area contributed by atoms with Crippen molar-refractivity contribution in [2.75, 3.05) is 4.72 Å². The van der Waals surface area contributed by atoms with Crippen molar-refractivity contribution in [1.82, 2.24) is 0 Å². The summed E-state index contributed by atoms with van der Waals surface area (Å²) in [5.41, 5.74) is 8.43. The van der Waals surface area contributed by atoms with E-state index in [0.717, 1.165) is 11.1 Å². The molecule has 0 radical (unpaired) electrons. The molecule has 3 N–H and O–H groups in total. The summed E-state index contributed by atoms with van der Waals surface area (Å²) in [4.78, 5) is 0.239. The maximum atomic E-state index is 12.6. The largest absolute Gasteiger partial charge is 0.326 e. The molecule has 6 heteroatoms. The topological polar surface area (TPSA) is 72.2 Å². The number of aryl methyl sites for hydroxylation is 1. The fourth-order valence-corrected chi connectivity index (χ4v) is 3.67. The van der Waals surface area contributed by atoms with Crippen LogP contribution in [-0.4, -0.2) is 8.42 Å². The second-order valence-corrected chi connectivity index (χ2v) is 6.94. The number of rotatable bonds is 4. The van der Waals surface area contributed by atoms with Crippen LogP contribution in [0.25, 0.3) is 0 Å². The Labute approximate surface area is 130 Å². The zero-order valence-electron chi connectivity index (χ0n) is 11.9. The SMILES string of the molecule is Cc1cc(CN)cc(S(=O)(=O)Nc2cccc(Cl)c2)c1C. The maximum absolute atomic E-state index is 12.6. The monoisotopic (exact) mass is 324 g/mol. The van der Waals surface area contributed by atoms with Gasteiger partial charge in [0.2, 0.25) is 0 Å². The van der Waals surface area contributed by atoms with Crippen molar-refractivity contribution in [3.05, 3.63) is 58.1 Å². The van der Waals surface area contributed by atoms with Crippen molar-refractivity contribution in [2.45, 2.75) is 25.3 Å². The van der Waals surface area contributed by atoms with Crippen LogP contribution in [0, 0.1) is 13.8 Å². The van der Waals surface area contributed by atoms with Gasteiger partial charge < -0.3 is 5.73 Å². The molecule has 0 aliphatic carbocycles. The molecule has 0 saturated carbocycles. The molecule has 2 aromatic carbocycles. The zero-order valence-corrected chi connectivity index (χ0v) is 13.4. The van der Waals surface area contributed by atoms with Gasteiger partial charge in [0.05, 0.1) is 10.6 Å². The molecule has 0 aliphatic heterocycles. The van der Waals surface area contributed by atoms with Gasteiger partial charge in [-0.25, -0.2) is 8.42 Å². The molecule has 2 rings (SSSR count). The van der Waals surface area contributed by atoms with Crippen LogP contribution in [0.1, 0.15) is 16.7 Å². The molecule has 4 nitrogen and oxygen atoms in total. The summed E-state index contributed by atoms with van der Waals surface area (Å²) in [7, 11) is -3.68. The van der Waals surface area contributed by atoms with E-state index in [2.05, 4.69) is 4.72 Å². The molecule has 0 spiro atoms. The van der Waals surface area contributed by atoms with E-state index in [1.807, 2.05) is 13.0 Å². The lowest BCUT2D eigenvalue weighted by atomic mass is 10.1. The minimum atomic E-state index is -3.68. The van der Waals surface area contributed by atoms with E-state index < -0.39 is 10.0 Å². The predicted molar refractivity (Wildman–Crippen MR) is 86.1 cm³/mol. The standard InChI is InChI=1S/C15H17ClN2O2S/c1-10-6-12(9-17)7-15(11(10)2)21(19,20)18-14-5-3-4-13(16)8-14/h3-8,18H,9,17H2,1-2H3. The fourth-order valence-electron chi connectivity index (χ4n) is 2.06. The van der Waals surface area contributed by atoms with E-state index in [0.29, 0.717) is 22.8 Å².